The van der Waals surface area contributed by atoms with Crippen molar-refractivity contribution in [1.82, 2.24) is 15.5 Å². The number of hydrogen-bond acceptors (Lipinski definition) is 6. The van der Waals surface area contributed by atoms with E-state index in [1.807, 2.05) is 0 Å². The number of nitrogens with zero attached hydrogens (tertiary/aromatic N) is 1. The van der Waals surface area contributed by atoms with Gasteiger partial charge in [-0.25, -0.2) is 0 Å². The number of likely N-dealkylation sites (tertiary alicyclic amines) is 1. The maximum absolute atomic E-state index is 13.5. The van der Waals surface area contributed by atoms with Crippen molar-refractivity contribution in [1.29, 1.82) is 0 Å². The van der Waals surface area contributed by atoms with Gasteiger partial charge in [-0.2, -0.15) is 0 Å². The van der Waals surface area contributed by atoms with E-state index in [-0.39, 0.29) is 30.5 Å². The third-order valence-electron chi connectivity index (χ3n) is 8.96. The van der Waals surface area contributed by atoms with E-state index in [1.165, 1.54) is 0 Å². The van der Waals surface area contributed by atoms with Gasteiger partial charge in [0.25, 0.3) is 5.91 Å². The highest BCUT2D eigenvalue weighted by atomic mass is 16.5. The minimum Gasteiger partial charge on any atom is -0.481 e. The second-order valence-corrected chi connectivity index (χ2v) is 11.6. The summed E-state index contributed by atoms with van der Waals surface area (Å²) in [4.78, 5) is 27.0. The van der Waals surface area contributed by atoms with Gasteiger partial charge < -0.3 is 25.6 Å². The van der Waals surface area contributed by atoms with Crippen molar-refractivity contribution in [3.05, 3.63) is 11.5 Å². The first-order valence-corrected chi connectivity index (χ1v) is 13.4. The Kier molecular flexibility index (Phi) is 6.81. The topological polar surface area (TPSA) is 111 Å². The fourth-order valence-electron chi connectivity index (χ4n) is 7.78. The minimum atomic E-state index is -0.730. The summed E-state index contributed by atoms with van der Waals surface area (Å²) in [6, 6.07) is 0.154. The first-order chi connectivity index (χ1) is 16.3. The molecule has 34 heavy (non-hydrogen) atoms. The Morgan fingerprint density at radius 1 is 1.21 bits per heavy atom. The van der Waals surface area contributed by atoms with Crippen LogP contribution in [0.3, 0.4) is 0 Å². The van der Waals surface area contributed by atoms with E-state index in [0.29, 0.717) is 42.2 Å². The first kappa shape index (κ1) is 23.9. The van der Waals surface area contributed by atoms with Gasteiger partial charge in [0.15, 0.2) is 5.88 Å². The average Bonchev–Trinajstić information content (AvgIpc) is 2.78. The van der Waals surface area contributed by atoms with Crippen molar-refractivity contribution in [2.45, 2.75) is 95.4 Å². The Balaban J connectivity index is 1.26. The zero-order valence-electron chi connectivity index (χ0n) is 20.4. The number of aliphatic carboxylic acids is 1. The smallest absolute Gasteiger partial charge is 0.303 e. The average molecular weight is 476 g/mol. The van der Waals surface area contributed by atoms with Crippen LogP contribution in [-0.2, 0) is 14.3 Å². The number of aliphatic hydroxyl groups is 1. The quantitative estimate of drug-likeness (QED) is 0.427. The standard InChI is InChI=1S/C26H41N3O5/c1-2-8-34-25-20(5-6-21(27-25)29-7-3-4-16(15-29)11-22(30)31)24(32)28-23-18-9-17-10-19(23)14-26(33,12-17)13-18/h16-19,21,23,27,33H,2-15H2,1H3,(H,28,32)(H,30,31). The number of carboxylic acids is 1. The van der Waals surface area contributed by atoms with Crippen LogP contribution in [0.25, 0.3) is 0 Å². The second-order valence-electron chi connectivity index (χ2n) is 11.6. The molecule has 2 aliphatic heterocycles. The van der Waals surface area contributed by atoms with Crippen LogP contribution in [-0.4, -0.2) is 64.5 Å². The highest BCUT2D eigenvalue weighted by Crippen LogP contribution is 2.55. The SMILES string of the molecule is CCCOC1=C(C(=O)NC2C3CC4CC2CC(O)(C4)C3)CCC(N2CCCC(CC(=O)O)C2)N1. The number of nitrogens with one attached hydrogen (secondary N) is 2. The number of amides is 1. The summed E-state index contributed by atoms with van der Waals surface area (Å²) in [5.41, 5.74) is 0.204. The molecule has 190 valence electrons. The highest BCUT2D eigenvalue weighted by molar-refractivity contribution is 5.94. The van der Waals surface area contributed by atoms with Crippen LogP contribution in [0, 0.1) is 23.7 Å². The molecule has 0 spiro atoms. The summed E-state index contributed by atoms with van der Waals surface area (Å²) in [5, 5.41) is 27.0. The normalized spacial score (nSPS) is 39.6. The molecule has 4 aliphatic carbocycles. The fourth-order valence-corrected chi connectivity index (χ4v) is 7.78. The van der Waals surface area contributed by atoms with Gasteiger partial charge in [0.05, 0.1) is 23.9 Å². The third-order valence-corrected chi connectivity index (χ3v) is 8.96. The summed E-state index contributed by atoms with van der Waals surface area (Å²) in [6.45, 7) is 4.31. The van der Waals surface area contributed by atoms with Crippen LogP contribution >= 0.6 is 0 Å². The molecule has 8 nitrogen and oxygen atoms in total. The highest BCUT2D eigenvalue weighted by Gasteiger charge is 2.55. The van der Waals surface area contributed by atoms with Crippen LogP contribution in [0.5, 0.6) is 0 Å². The molecule has 4 unspecified atom stereocenters. The number of carbonyl (C=O) groups excluding carboxylic acids is 1. The van der Waals surface area contributed by atoms with E-state index in [0.717, 1.165) is 70.9 Å². The Hall–Kier alpha value is -1.80. The molecule has 0 aromatic rings. The summed E-state index contributed by atoms with van der Waals surface area (Å²) in [5.74, 6) is 1.39. The molecule has 1 saturated heterocycles. The summed E-state index contributed by atoms with van der Waals surface area (Å²) in [7, 11) is 0. The van der Waals surface area contributed by atoms with Gasteiger partial charge in [-0.1, -0.05) is 6.92 Å². The van der Waals surface area contributed by atoms with Gasteiger partial charge in [-0.3, -0.25) is 14.5 Å². The number of carbonyl (C=O) groups is 2. The summed E-state index contributed by atoms with van der Waals surface area (Å²) >= 11 is 0. The van der Waals surface area contributed by atoms with E-state index in [4.69, 9.17) is 4.74 Å². The van der Waals surface area contributed by atoms with Crippen LogP contribution in [0.1, 0.15) is 77.6 Å². The Morgan fingerprint density at radius 3 is 2.65 bits per heavy atom. The molecular weight excluding hydrogens is 434 g/mol. The van der Waals surface area contributed by atoms with Gasteiger partial charge in [-0.05, 0) is 87.9 Å². The first-order valence-electron chi connectivity index (χ1n) is 13.4. The molecule has 6 rings (SSSR count). The molecule has 2 heterocycles. The maximum atomic E-state index is 13.5. The number of piperidine rings is 1. The van der Waals surface area contributed by atoms with Crippen LogP contribution in [0.15, 0.2) is 11.5 Å². The van der Waals surface area contributed by atoms with Gasteiger partial charge in [0, 0.05) is 25.6 Å². The largest absolute Gasteiger partial charge is 0.481 e. The molecule has 0 aromatic heterocycles. The lowest BCUT2D eigenvalue weighted by Crippen LogP contribution is -2.62. The number of rotatable bonds is 8. The Bertz CT molecular complexity index is 813. The second kappa shape index (κ2) is 9.69. The molecule has 4 saturated carbocycles. The van der Waals surface area contributed by atoms with Crippen molar-refractivity contribution in [2.75, 3.05) is 19.7 Å². The van der Waals surface area contributed by atoms with Crippen LogP contribution in [0.2, 0.25) is 0 Å². The summed E-state index contributed by atoms with van der Waals surface area (Å²) in [6.07, 6.45) is 9.36. The van der Waals surface area contributed by atoms with E-state index in [1.54, 1.807) is 0 Å². The molecule has 1 amide bonds. The van der Waals surface area contributed by atoms with Crippen LogP contribution < -0.4 is 10.6 Å². The monoisotopic (exact) mass is 475 g/mol. The predicted molar refractivity (Wildman–Crippen MR) is 126 cm³/mol. The Labute approximate surface area is 202 Å². The molecule has 4 atom stereocenters. The van der Waals surface area contributed by atoms with Crippen molar-refractivity contribution in [3.63, 3.8) is 0 Å². The maximum Gasteiger partial charge on any atom is 0.303 e. The van der Waals surface area contributed by atoms with Crippen LogP contribution in [0.4, 0.5) is 0 Å². The van der Waals surface area contributed by atoms with Gasteiger partial charge in [-0.15, -0.1) is 0 Å². The predicted octanol–water partition coefficient (Wildman–Crippen LogP) is 2.58. The van der Waals surface area contributed by atoms with Crippen molar-refractivity contribution < 1.29 is 24.5 Å². The molecular formula is C26H41N3O5. The number of hydrogen-bond donors (Lipinski definition) is 4. The van der Waals surface area contributed by atoms with E-state index in [2.05, 4.69) is 22.5 Å². The van der Waals surface area contributed by atoms with Crippen molar-refractivity contribution >= 4 is 11.9 Å². The molecule has 5 fully saturated rings. The molecule has 8 heteroatoms. The number of ether oxygens (including phenoxy) is 1. The molecule has 6 aliphatic rings. The third kappa shape index (κ3) is 4.94. The molecule has 4 N–H and O–H groups in total. The zero-order chi connectivity index (χ0) is 23.9. The van der Waals surface area contributed by atoms with Gasteiger partial charge in [0.2, 0.25) is 0 Å². The van der Waals surface area contributed by atoms with E-state index >= 15 is 0 Å². The lowest BCUT2D eigenvalue weighted by molar-refractivity contribution is -0.145. The molecule has 4 bridgehead atoms. The van der Waals surface area contributed by atoms with Crippen molar-refractivity contribution in [3.8, 4) is 0 Å². The zero-order valence-corrected chi connectivity index (χ0v) is 20.4. The fraction of sp³-hybridized carbons (Fsp3) is 0.846. The van der Waals surface area contributed by atoms with Crippen molar-refractivity contribution in [2.24, 2.45) is 23.7 Å². The van der Waals surface area contributed by atoms with E-state index < -0.39 is 11.6 Å². The van der Waals surface area contributed by atoms with E-state index in [9.17, 15) is 19.8 Å². The van der Waals surface area contributed by atoms with Gasteiger partial charge >= 0.3 is 5.97 Å². The molecule has 0 radical (unpaired) electrons. The lowest BCUT2D eigenvalue weighted by atomic mass is 9.52. The Morgan fingerprint density at radius 2 is 1.97 bits per heavy atom. The lowest BCUT2D eigenvalue weighted by Gasteiger charge is -2.58. The summed E-state index contributed by atoms with van der Waals surface area (Å²) < 4.78 is 6.05. The van der Waals surface area contributed by atoms with Gasteiger partial charge in [0.1, 0.15) is 0 Å². The number of carboxylic acid groups (broad SMARTS) is 1. The molecule has 0 aromatic carbocycles. The minimum absolute atomic E-state index is 0.0242.